The lowest BCUT2D eigenvalue weighted by Crippen LogP contribution is -2.20. The number of benzene rings is 1. The van der Waals surface area contributed by atoms with E-state index in [1.165, 1.54) is 5.52 Å². The molecule has 0 amide bonds. The number of para-hydroxylation sites is 2. The Morgan fingerprint density at radius 3 is 3.00 bits per heavy atom. The Kier molecular flexibility index (Phi) is 3.79. The van der Waals surface area contributed by atoms with Crippen molar-refractivity contribution >= 4 is 11.0 Å². The van der Waals surface area contributed by atoms with Crippen molar-refractivity contribution in [2.24, 2.45) is 0 Å². The molecule has 0 bridgehead atoms. The maximum absolute atomic E-state index is 5.20. The average molecular weight is 227 g/mol. The topological polar surface area (TPSA) is 29.9 Å². The van der Waals surface area contributed by atoms with Crippen LogP contribution in [0.1, 0.15) is 12.7 Å². The van der Waals surface area contributed by atoms with Crippen molar-refractivity contribution in [3.05, 3.63) is 30.1 Å². The van der Waals surface area contributed by atoms with Crippen LogP contribution in [0.15, 0.2) is 24.3 Å². The summed E-state index contributed by atoms with van der Waals surface area (Å²) in [5.41, 5.74) is 2.27. The zero-order valence-electron chi connectivity index (χ0n) is 10.1. The normalized spacial score (nSPS) is 10.6. The van der Waals surface area contributed by atoms with Crippen molar-refractivity contribution in [2.45, 2.75) is 19.9 Å². The van der Waals surface area contributed by atoms with Gasteiger partial charge in [-0.2, -0.15) is 0 Å². The van der Waals surface area contributed by atoms with Crippen LogP contribution in [0.3, 0.4) is 0 Å². The average Bonchev–Trinajstić information content (AvgIpc) is 2.73. The first-order valence-corrected chi connectivity index (χ1v) is 5.95. The smallest absolute Gasteiger partial charge is 0.109 e. The van der Waals surface area contributed by atoms with Crippen LogP contribution >= 0.6 is 0 Å². The summed E-state index contributed by atoms with van der Waals surface area (Å²) < 4.78 is 2.26. The first kappa shape index (κ1) is 11.7. The van der Waals surface area contributed by atoms with Crippen LogP contribution in [0.5, 0.6) is 0 Å². The van der Waals surface area contributed by atoms with E-state index in [9.17, 15) is 0 Å². The van der Waals surface area contributed by atoms with Crippen molar-refractivity contribution < 1.29 is 0 Å². The van der Waals surface area contributed by atoms with Gasteiger partial charge >= 0.3 is 0 Å². The molecule has 88 valence electrons. The second kappa shape index (κ2) is 5.51. The number of nitrogens with zero attached hydrogens (tertiary/aromatic N) is 2. The SMILES string of the molecule is C#CCNCCn1c(CC)nc2ccccc21. The van der Waals surface area contributed by atoms with Crippen LogP contribution in [0.2, 0.25) is 0 Å². The Morgan fingerprint density at radius 1 is 1.41 bits per heavy atom. The van der Waals surface area contributed by atoms with Crippen LogP contribution in [0.4, 0.5) is 0 Å². The number of fused-ring (bicyclic) bond motifs is 1. The first-order chi connectivity index (χ1) is 8.36. The molecule has 0 saturated heterocycles. The molecule has 1 aromatic heterocycles. The minimum Gasteiger partial charge on any atom is -0.327 e. The summed E-state index contributed by atoms with van der Waals surface area (Å²) in [4.78, 5) is 4.62. The zero-order valence-corrected chi connectivity index (χ0v) is 10.1. The number of nitrogens with one attached hydrogen (secondary N) is 1. The van der Waals surface area contributed by atoms with E-state index in [-0.39, 0.29) is 0 Å². The number of aromatic nitrogens is 2. The second-order valence-corrected chi connectivity index (χ2v) is 3.90. The van der Waals surface area contributed by atoms with Crippen LogP contribution in [-0.2, 0) is 13.0 Å². The number of hydrogen-bond acceptors (Lipinski definition) is 2. The largest absolute Gasteiger partial charge is 0.327 e. The van der Waals surface area contributed by atoms with E-state index in [2.05, 4.69) is 45.9 Å². The summed E-state index contributed by atoms with van der Waals surface area (Å²) in [6, 6.07) is 8.24. The molecule has 0 aliphatic heterocycles. The highest BCUT2D eigenvalue weighted by Crippen LogP contribution is 2.15. The van der Waals surface area contributed by atoms with Gasteiger partial charge in [0.05, 0.1) is 17.6 Å². The summed E-state index contributed by atoms with van der Waals surface area (Å²) in [6.45, 7) is 4.53. The standard InChI is InChI=1S/C14H17N3/c1-3-9-15-10-11-17-13-8-6-5-7-12(13)16-14(17)4-2/h1,5-8,15H,4,9-11H2,2H3. The fraction of sp³-hybridized carbons (Fsp3) is 0.357. The molecule has 17 heavy (non-hydrogen) atoms. The number of terminal acetylenes is 1. The summed E-state index contributed by atoms with van der Waals surface area (Å²) >= 11 is 0. The first-order valence-electron chi connectivity index (χ1n) is 5.95. The van der Waals surface area contributed by atoms with Gasteiger partial charge in [-0.25, -0.2) is 4.98 Å². The van der Waals surface area contributed by atoms with Gasteiger partial charge < -0.3 is 9.88 Å². The quantitative estimate of drug-likeness (QED) is 0.624. The van der Waals surface area contributed by atoms with E-state index >= 15 is 0 Å². The van der Waals surface area contributed by atoms with Gasteiger partial charge in [0.2, 0.25) is 0 Å². The van der Waals surface area contributed by atoms with Crippen LogP contribution in [0, 0.1) is 12.3 Å². The van der Waals surface area contributed by atoms with Crippen LogP contribution in [0.25, 0.3) is 11.0 Å². The highest BCUT2D eigenvalue weighted by atomic mass is 15.1. The molecule has 3 heteroatoms. The summed E-state index contributed by atoms with van der Waals surface area (Å²) in [5.74, 6) is 3.71. The Morgan fingerprint density at radius 2 is 2.24 bits per heavy atom. The monoisotopic (exact) mass is 227 g/mol. The predicted molar refractivity (Wildman–Crippen MR) is 70.8 cm³/mol. The van der Waals surface area contributed by atoms with Gasteiger partial charge in [-0.3, -0.25) is 0 Å². The maximum Gasteiger partial charge on any atom is 0.109 e. The molecule has 0 spiro atoms. The van der Waals surface area contributed by atoms with E-state index in [4.69, 9.17) is 6.42 Å². The third kappa shape index (κ3) is 2.48. The van der Waals surface area contributed by atoms with Crippen molar-refractivity contribution in [2.75, 3.05) is 13.1 Å². The minimum absolute atomic E-state index is 0.619. The molecule has 3 nitrogen and oxygen atoms in total. The summed E-state index contributed by atoms with van der Waals surface area (Å²) in [5, 5.41) is 3.20. The van der Waals surface area contributed by atoms with Crippen LogP contribution in [-0.4, -0.2) is 22.6 Å². The molecule has 0 atom stereocenters. The second-order valence-electron chi connectivity index (χ2n) is 3.90. The van der Waals surface area contributed by atoms with Crippen molar-refractivity contribution in [3.63, 3.8) is 0 Å². The molecule has 1 N–H and O–H groups in total. The Hall–Kier alpha value is -1.79. The van der Waals surface area contributed by atoms with Crippen molar-refractivity contribution in [3.8, 4) is 12.3 Å². The Balaban J connectivity index is 2.22. The maximum atomic E-state index is 5.20. The Labute approximate surface area is 102 Å². The Bertz CT molecular complexity index is 534. The van der Waals surface area contributed by atoms with E-state index in [0.29, 0.717) is 6.54 Å². The lowest BCUT2D eigenvalue weighted by atomic mass is 10.3. The molecule has 1 heterocycles. The molecule has 0 aliphatic rings. The van der Waals surface area contributed by atoms with E-state index in [1.54, 1.807) is 0 Å². The molecule has 1 aromatic carbocycles. The highest BCUT2D eigenvalue weighted by Gasteiger charge is 2.07. The highest BCUT2D eigenvalue weighted by molar-refractivity contribution is 5.75. The number of imidazole rings is 1. The molecule has 0 unspecified atom stereocenters. The molecule has 2 aromatic rings. The lowest BCUT2D eigenvalue weighted by molar-refractivity contribution is 0.618. The van der Waals surface area contributed by atoms with E-state index in [1.807, 2.05) is 6.07 Å². The molecular weight excluding hydrogens is 210 g/mol. The molecule has 0 aliphatic carbocycles. The van der Waals surface area contributed by atoms with Gasteiger partial charge in [0.15, 0.2) is 0 Å². The predicted octanol–water partition coefficient (Wildman–Crippen LogP) is 1.82. The molecule has 0 saturated carbocycles. The number of aryl methyl sites for hydroxylation is 1. The molecule has 0 radical (unpaired) electrons. The van der Waals surface area contributed by atoms with Crippen molar-refractivity contribution in [1.82, 2.24) is 14.9 Å². The third-order valence-corrected chi connectivity index (χ3v) is 2.79. The molecule has 2 rings (SSSR count). The van der Waals surface area contributed by atoms with Gasteiger partial charge in [0, 0.05) is 19.5 Å². The third-order valence-electron chi connectivity index (χ3n) is 2.79. The fourth-order valence-corrected chi connectivity index (χ4v) is 2.00. The minimum atomic E-state index is 0.619. The van der Waals surface area contributed by atoms with Crippen molar-refractivity contribution in [1.29, 1.82) is 0 Å². The lowest BCUT2D eigenvalue weighted by Gasteiger charge is -2.07. The summed E-state index contributed by atoms with van der Waals surface area (Å²) in [6.07, 6.45) is 6.15. The number of hydrogen-bond donors (Lipinski definition) is 1. The molecule has 0 fully saturated rings. The molecular formula is C14H17N3. The van der Waals surface area contributed by atoms with Crippen LogP contribution < -0.4 is 5.32 Å². The van der Waals surface area contributed by atoms with E-state index < -0.39 is 0 Å². The fourth-order valence-electron chi connectivity index (χ4n) is 2.00. The van der Waals surface area contributed by atoms with Gasteiger partial charge in [-0.15, -0.1) is 6.42 Å². The number of rotatable bonds is 5. The zero-order chi connectivity index (χ0) is 12.1. The van der Waals surface area contributed by atoms with Gasteiger partial charge in [0.25, 0.3) is 0 Å². The van der Waals surface area contributed by atoms with Gasteiger partial charge in [0.1, 0.15) is 5.82 Å². The van der Waals surface area contributed by atoms with Gasteiger partial charge in [-0.05, 0) is 12.1 Å². The summed E-state index contributed by atoms with van der Waals surface area (Å²) in [7, 11) is 0. The van der Waals surface area contributed by atoms with Gasteiger partial charge in [-0.1, -0.05) is 25.0 Å². The van der Waals surface area contributed by atoms with E-state index in [0.717, 1.165) is 30.9 Å².